The highest BCUT2D eigenvalue weighted by Crippen LogP contribution is 2.19. The molecule has 0 aromatic heterocycles. The Morgan fingerprint density at radius 1 is 1.45 bits per heavy atom. The first-order valence-electron chi connectivity index (χ1n) is 6.98. The van der Waals surface area contributed by atoms with Crippen molar-refractivity contribution in [1.82, 2.24) is 9.62 Å². The van der Waals surface area contributed by atoms with E-state index in [4.69, 9.17) is 5.73 Å². The summed E-state index contributed by atoms with van der Waals surface area (Å²) >= 11 is 0. The maximum absolute atomic E-state index is 12.2. The molecule has 20 heavy (non-hydrogen) atoms. The first kappa shape index (κ1) is 15.3. The van der Waals surface area contributed by atoms with Crippen LogP contribution in [0.1, 0.15) is 20.3 Å². The number of sulfonamides is 1. The third-order valence-electron chi connectivity index (χ3n) is 3.78. The molecule has 0 aliphatic carbocycles. The van der Waals surface area contributed by atoms with Crippen molar-refractivity contribution in [2.45, 2.75) is 31.2 Å². The van der Waals surface area contributed by atoms with Crippen molar-refractivity contribution in [3.8, 4) is 0 Å². The van der Waals surface area contributed by atoms with Crippen LogP contribution in [0, 0.1) is 5.92 Å². The Balaban J connectivity index is 1.94. The summed E-state index contributed by atoms with van der Waals surface area (Å²) in [7, 11) is -3.46. The normalized spacial score (nSPS) is 20.6. The van der Waals surface area contributed by atoms with Crippen LogP contribution in [-0.2, 0) is 10.0 Å². The van der Waals surface area contributed by atoms with E-state index in [0.29, 0.717) is 24.2 Å². The number of nitrogens with two attached hydrogens (primary N) is 1. The molecule has 1 saturated heterocycles. The van der Waals surface area contributed by atoms with Crippen LogP contribution in [0.2, 0.25) is 0 Å². The third kappa shape index (κ3) is 3.71. The molecule has 0 radical (unpaired) electrons. The van der Waals surface area contributed by atoms with Crippen molar-refractivity contribution >= 4 is 15.7 Å². The van der Waals surface area contributed by atoms with Gasteiger partial charge in [0, 0.05) is 24.8 Å². The zero-order valence-electron chi connectivity index (χ0n) is 12.0. The molecule has 6 heteroatoms. The van der Waals surface area contributed by atoms with E-state index in [2.05, 4.69) is 23.5 Å². The van der Waals surface area contributed by atoms with Crippen molar-refractivity contribution in [1.29, 1.82) is 0 Å². The summed E-state index contributed by atoms with van der Waals surface area (Å²) < 4.78 is 27.0. The predicted octanol–water partition coefficient (Wildman–Crippen LogP) is 1.28. The molecular formula is C14H23N3O2S. The van der Waals surface area contributed by atoms with Gasteiger partial charge < -0.3 is 10.6 Å². The summed E-state index contributed by atoms with van der Waals surface area (Å²) in [6.07, 6.45) is 1.04. The molecule has 5 nitrogen and oxygen atoms in total. The monoisotopic (exact) mass is 297 g/mol. The first-order chi connectivity index (χ1) is 9.38. The largest absolute Gasteiger partial charge is 0.399 e. The van der Waals surface area contributed by atoms with Gasteiger partial charge >= 0.3 is 0 Å². The van der Waals surface area contributed by atoms with Gasteiger partial charge in [-0.25, -0.2) is 13.1 Å². The topological polar surface area (TPSA) is 75.4 Å². The van der Waals surface area contributed by atoms with Gasteiger partial charge in [0.1, 0.15) is 0 Å². The highest BCUT2D eigenvalue weighted by Gasteiger charge is 2.25. The van der Waals surface area contributed by atoms with E-state index in [1.807, 2.05) is 0 Å². The standard InChI is InChI=1S/C14H23N3O2S/c1-11(2)17-7-6-12(10-17)9-16-20(18,19)14-5-3-4-13(15)8-14/h3-5,8,11-12,16H,6-7,9-10,15H2,1-2H3. The van der Waals surface area contributed by atoms with Crippen molar-refractivity contribution in [3.63, 3.8) is 0 Å². The minimum Gasteiger partial charge on any atom is -0.399 e. The molecule has 1 aliphatic rings. The van der Waals surface area contributed by atoms with Crippen molar-refractivity contribution in [2.24, 2.45) is 5.92 Å². The number of benzene rings is 1. The zero-order chi connectivity index (χ0) is 14.8. The maximum atomic E-state index is 12.2. The molecule has 1 atom stereocenters. The molecule has 3 N–H and O–H groups in total. The van der Waals surface area contributed by atoms with Crippen LogP contribution in [0.15, 0.2) is 29.2 Å². The Labute approximate surface area is 121 Å². The van der Waals surface area contributed by atoms with Crippen LogP contribution in [0.25, 0.3) is 0 Å². The Hall–Kier alpha value is -1.11. The summed E-state index contributed by atoms with van der Waals surface area (Å²) in [5.74, 6) is 0.383. The highest BCUT2D eigenvalue weighted by atomic mass is 32.2. The van der Waals surface area contributed by atoms with Gasteiger partial charge in [-0.05, 0) is 50.9 Å². The lowest BCUT2D eigenvalue weighted by Crippen LogP contribution is -2.33. The smallest absolute Gasteiger partial charge is 0.240 e. The summed E-state index contributed by atoms with van der Waals surface area (Å²) in [6, 6.07) is 6.90. The SMILES string of the molecule is CC(C)N1CCC(CNS(=O)(=O)c2cccc(N)c2)C1. The molecule has 1 aromatic carbocycles. The molecule has 1 aliphatic heterocycles. The van der Waals surface area contributed by atoms with Gasteiger partial charge in [0.15, 0.2) is 0 Å². The van der Waals surface area contributed by atoms with Gasteiger partial charge in [-0.1, -0.05) is 6.07 Å². The number of nitrogen functional groups attached to an aromatic ring is 1. The minimum absolute atomic E-state index is 0.233. The first-order valence-corrected chi connectivity index (χ1v) is 8.46. The van der Waals surface area contributed by atoms with E-state index in [1.54, 1.807) is 18.2 Å². The van der Waals surface area contributed by atoms with Crippen molar-refractivity contribution in [3.05, 3.63) is 24.3 Å². The quantitative estimate of drug-likeness (QED) is 0.803. The molecule has 0 amide bonds. The van der Waals surface area contributed by atoms with Crippen LogP contribution in [0.4, 0.5) is 5.69 Å². The zero-order valence-corrected chi connectivity index (χ0v) is 12.9. The second-order valence-electron chi connectivity index (χ2n) is 5.67. The van der Waals surface area contributed by atoms with Gasteiger partial charge in [-0.15, -0.1) is 0 Å². The highest BCUT2D eigenvalue weighted by molar-refractivity contribution is 7.89. The summed E-state index contributed by atoms with van der Waals surface area (Å²) in [4.78, 5) is 2.61. The summed E-state index contributed by atoms with van der Waals surface area (Å²) in [6.45, 7) is 6.82. The number of anilines is 1. The van der Waals surface area contributed by atoms with E-state index in [9.17, 15) is 8.42 Å². The Bertz CT molecular complexity index is 557. The number of likely N-dealkylation sites (tertiary alicyclic amines) is 1. The number of hydrogen-bond donors (Lipinski definition) is 2. The Kier molecular flexibility index (Phi) is 4.67. The predicted molar refractivity (Wildman–Crippen MR) is 80.9 cm³/mol. The number of nitrogens with one attached hydrogen (secondary N) is 1. The third-order valence-corrected chi connectivity index (χ3v) is 5.20. The molecule has 1 unspecified atom stereocenters. The van der Waals surface area contributed by atoms with Crippen LogP contribution < -0.4 is 10.5 Å². The summed E-state index contributed by atoms with van der Waals surface area (Å²) in [5, 5.41) is 0. The molecule has 2 rings (SSSR count). The van der Waals surface area contributed by atoms with Gasteiger partial charge in [-0.3, -0.25) is 0 Å². The molecule has 1 fully saturated rings. The van der Waals surface area contributed by atoms with Crippen molar-refractivity contribution < 1.29 is 8.42 Å². The van der Waals surface area contributed by atoms with Gasteiger partial charge in [0.05, 0.1) is 4.90 Å². The summed E-state index contributed by atoms with van der Waals surface area (Å²) in [5.41, 5.74) is 6.08. The van der Waals surface area contributed by atoms with E-state index >= 15 is 0 Å². The van der Waals surface area contributed by atoms with Crippen LogP contribution in [-0.4, -0.2) is 39.0 Å². The maximum Gasteiger partial charge on any atom is 0.240 e. The Morgan fingerprint density at radius 2 is 2.20 bits per heavy atom. The lowest BCUT2D eigenvalue weighted by molar-refractivity contribution is 0.265. The fraction of sp³-hybridized carbons (Fsp3) is 0.571. The second-order valence-corrected chi connectivity index (χ2v) is 7.43. The second kappa shape index (κ2) is 6.11. The average Bonchev–Trinajstić information content (AvgIpc) is 2.85. The van der Waals surface area contributed by atoms with E-state index in [1.165, 1.54) is 6.07 Å². The van der Waals surface area contributed by atoms with Crippen molar-refractivity contribution in [2.75, 3.05) is 25.4 Å². The number of rotatable bonds is 5. The molecule has 1 heterocycles. The molecule has 0 bridgehead atoms. The molecule has 0 spiro atoms. The fourth-order valence-electron chi connectivity index (χ4n) is 2.49. The Morgan fingerprint density at radius 3 is 2.80 bits per heavy atom. The van der Waals surface area contributed by atoms with Gasteiger partial charge in [0.2, 0.25) is 10.0 Å². The lowest BCUT2D eigenvalue weighted by Gasteiger charge is -2.20. The van der Waals surface area contributed by atoms with Gasteiger partial charge in [-0.2, -0.15) is 0 Å². The molecule has 112 valence electrons. The molecule has 0 saturated carbocycles. The molecule has 1 aromatic rings. The van der Waals surface area contributed by atoms with Crippen LogP contribution in [0.5, 0.6) is 0 Å². The minimum atomic E-state index is -3.46. The fourth-order valence-corrected chi connectivity index (χ4v) is 3.66. The van der Waals surface area contributed by atoms with Gasteiger partial charge in [0.25, 0.3) is 0 Å². The van der Waals surface area contributed by atoms with E-state index < -0.39 is 10.0 Å². The number of nitrogens with zero attached hydrogens (tertiary/aromatic N) is 1. The van der Waals surface area contributed by atoms with Crippen LogP contribution in [0.3, 0.4) is 0 Å². The average molecular weight is 297 g/mol. The van der Waals surface area contributed by atoms with E-state index in [-0.39, 0.29) is 4.90 Å². The molecular weight excluding hydrogens is 274 g/mol. The van der Waals surface area contributed by atoms with E-state index in [0.717, 1.165) is 19.5 Å². The van der Waals surface area contributed by atoms with Crippen LogP contribution >= 0.6 is 0 Å². The number of hydrogen-bond acceptors (Lipinski definition) is 4. The lowest BCUT2D eigenvalue weighted by atomic mass is 10.1.